The van der Waals surface area contributed by atoms with Gasteiger partial charge in [0.2, 0.25) is 0 Å². The zero-order valence-electron chi connectivity index (χ0n) is 14.8. The number of hydrogen-bond donors (Lipinski definition) is 3. The van der Waals surface area contributed by atoms with Crippen molar-refractivity contribution in [3.05, 3.63) is 65.9 Å². The summed E-state index contributed by atoms with van der Waals surface area (Å²) in [4.78, 5) is 4.46. The molecule has 0 aliphatic heterocycles. The molecule has 27 heavy (non-hydrogen) atoms. The minimum Gasteiger partial charge on any atom is -0.386 e. The van der Waals surface area contributed by atoms with Crippen LogP contribution in [0.4, 0.5) is 4.39 Å². The quantitative estimate of drug-likeness (QED) is 0.284. The predicted octanol–water partition coefficient (Wildman–Crippen LogP) is 2.28. The summed E-state index contributed by atoms with van der Waals surface area (Å²) in [7, 11) is 0. The molecule has 3 N–H and O–H groups in total. The SMILES string of the molecule is CCNC(=NCc1nnc2ccccn12)NCC(O)c1ccccc1F.I. The Morgan fingerprint density at radius 3 is 2.74 bits per heavy atom. The molecule has 0 aliphatic rings. The topological polar surface area (TPSA) is 86.8 Å². The molecule has 1 atom stereocenters. The van der Waals surface area contributed by atoms with E-state index in [1.54, 1.807) is 18.2 Å². The molecule has 1 aromatic carbocycles. The van der Waals surface area contributed by atoms with Gasteiger partial charge in [-0.1, -0.05) is 24.3 Å². The molecule has 2 aromatic heterocycles. The van der Waals surface area contributed by atoms with Crippen molar-refractivity contribution in [1.82, 2.24) is 25.2 Å². The lowest BCUT2D eigenvalue weighted by Crippen LogP contribution is -2.39. The highest BCUT2D eigenvalue weighted by Gasteiger charge is 2.13. The second-order valence-electron chi connectivity index (χ2n) is 5.66. The average molecular weight is 484 g/mol. The summed E-state index contributed by atoms with van der Waals surface area (Å²) in [5, 5.41) is 24.5. The number of pyridine rings is 1. The largest absolute Gasteiger partial charge is 0.386 e. The molecule has 0 radical (unpaired) electrons. The van der Waals surface area contributed by atoms with Crippen LogP contribution in [0.3, 0.4) is 0 Å². The number of aliphatic hydroxyl groups excluding tert-OH is 1. The molecular formula is C18H22FIN6O. The maximum Gasteiger partial charge on any atom is 0.191 e. The van der Waals surface area contributed by atoms with Crippen LogP contribution in [-0.2, 0) is 6.54 Å². The summed E-state index contributed by atoms with van der Waals surface area (Å²) in [6.45, 7) is 3.04. The first-order valence-electron chi connectivity index (χ1n) is 8.42. The Bertz CT molecular complexity index is 900. The van der Waals surface area contributed by atoms with Gasteiger partial charge in [0.1, 0.15) is 12.4 Å². The fourth-order valence-electron chi connectivity index (χ4n) is 2.54. The predicted molar refractivity (Wildman–Crippen MR) is 113 cm³/mol. The lowest BCUT2D eigenvalue weighted by Gasteiger charge is -2.16. The van der Waals surface area contributed by atoms with Crippen LogP contribution >= 0.6 is 24.0 Å². The van der Waals surface area contributed by atoms with Gasteiger partial charge >= 0.3 is 0 Å². The fourth-order valence-corrected chi connectivity index (χ4v) is 2.54. The molecule has 0 amide bonds. The Kier molecular flexibility index (Phi) is 7.92. The highest BCUT2D eigenvalue weighted by atomic mass is 127. The van der Waals surface area contributed by atoms with E-state index in [0.717, 1.165) is 5.65 Å². The van der Waals surface area contributed by atoms with Crippen molar-refractivity contribution in [3.63, 3.8) is 0 Å². The number of fused-ring (bicyclic) bond motifs is 1. The van der Waals surface area contributed by atoms with Crippen LogP contribution in [0, 0.1) is 5.82 Å². The molecule has 0 saturated heterocycles. The van der Waals surface area contributed by atoms with Crippen molar-refractivity contribution in [3.8, 4) is 0 Å². The Morgan fingerprint density at radius 1 is 1.19 bits per heavy atom. The van der Waals surface area contributed by atoms with Gasteiger partial charge < -0.3 is 15.7 Å². The Hall–Kier alpha value is -2.27. The highest BCUT2D eigenvalue weighted by molar-refractivity contribution is 14.0. The number of nitrogens with one attached hydrogen (secondary N) is 2. The summed E-state index contributed by atoms with van der Waals surface area (Å²) in [5.74, 6) is 0.779. The Morgan fingerprint density at radius 2 is 1.96 bits per heavy atom. The number of benzene rings is 1. The van der Waals surface area contributed by atoms with Gasteiger partial charge in [-0.05, 0) is 25.1 Å². The summed E-state index contributed by atoms with van der Waals surface area (Å²) in [6, 6.07) is 11.8. The first kappa shape index (κ1) is 21.0. The van der Waals surface area contributed by atoms with E-state index in [9.17, 15) is 9.50 Å². The minimum absolute atomic E-state index is 0. The van der Waals surface area contributed by atoms with E-state index in [1.807, 2.05) is 35.7 Å². The smallest absolute Gasteiger partial charge is 0.191 e. The Balaban J connectivity index is 0.00000261. The molecule has 3 aromatic rings. The van der Waals surface area contributed by atoms with Crippen LogP contribution in [0.2, 0.25) is 0 Å². The molecule has 0 fully saturated rings. The van der Waals surface area contributed by atoms with Crippen LogP contribution in [0.15, 0.2) is 53.7 Å². The van der Waals surface area contributed by atoms with Gasteiger partial charge in [0, 0.05) is 24.8 Å². The van der Waals surface area contributed by atoms with E-state index in [1.165, 1.54) is 6.07 Å². The van der Waals surface area contributed by atoms with Crippen molar-refractivity contribution in [1.29, 1.82) is 0 Å². The molecule has 0 aliphatic carbocycles. The fraction of sp³-hybridized carbons (Fsp3) is 0.278. The van der Waals surface area contributed by atoms with Crippen molar-refractivity contribution in [2.24, 2.45) is 4.99 Å². The number of hydrogen-bond acceptors (Lipinski definition) is 4. The van der Waals surface area contributed by atoms with Gasteiger partial charge in [-0.2, -0.15) is 0 Å². The Labute approximate surface area is 173 Å². The number of aliphatic hydroxyl groups is 1. The molecule has 144 valence electrons. The van der Waals surface area contributed by atoms with Gasteiger partial charge in [-0.3, -0.25) is 4.40 Å². The summed E-state index contributed by atoms with van der Waals surface area (Å²) in [6.07, 6.45) is 0.900. The van der Waals surface area contributed by atoms with Crippen molar-refractivity contribution < 1.29 is 9.50 Å². The van der Waals surface area contributed by atoms with Gasteiger partial charge in [0.25, 0.3) is 0 Å². The van der Waals surface area contributed by atoms with E-state index >= 15 is 0 Å². The van der Waals surface area contributed by atoms with Crippen LogP contribution in [0.5, 0.6) is 0 Å². The number of rotatable bonds is 6. The maximum absolute atomic E-state index is 13.7. The van der Waals surface area contributed by atoms with Crippen LogP contribution in [0.25, 0.3) is 5.65 Å². The van der Waals surface area contributed by atoms with E-state index in [2.05, 4.69) is 25.8 Å². The number of aliphatic imine (C=N–C) groups is 1. The van der Waals surface area contributed by atoms with Crippen LogP contribution in [0.1, 0.15) is 24.4 Å². The van der Waals surface area contributed by atoms with Gasteiger partial charge in [-0.15, -0.1) is 34.2 Å². The van der Waals surface area contributed by atoms with E-state index in [-0.39, 0.29) is 36.1 Å². The van der Waals surface area contributed by atoms with E-state index < -0.39 is 11.9 Å². The molecule has 0 saturated carbocycles. The molecular weight excluding hydrogens is 462 g/mol. The van der Waals surface area contributed by atoms with Crippen LogP contribution in [-0.4, -0.2) is 38.8 Å². The standard InChI is InChI=1S/C18H21FN6O.HI/c1-2-20-18(21-11-15(26)13-7-3-4-8-14(13)19)22-12-17-24-23-16-9-5-6-10-25(16)17;/h3-10,15,26H,2,11-12H2,1H3,(H2,20,21,22);1H. The third kappa shape index (κ3) is 5.36. The summed E-state index contributed by atoms with van der Waals surface area (Å²) >= 11 is 0. The van der Waals surface area contributed by atoms with Gasteiger partial charge in [-0.25, -0.2) is 9.38 Å². The second-order valence-corrected chi connectivity index (χ2v) is 5.66. The lowest BCUT2D eigenvalue weighted by atomic mass is 10.1. The number of guanidine groups is 1. The first-order valence-corrected chi connectivity index (χ1v) is 8.42. The van der Waals surface area contributed by atoms with Crippen molar-refractivity contribution in [2.45, 2.75) is 19.6 Å². The third-order valence-electron chi connectivity index (χ3n) is 3.83. The van der Waals surface area contributed by atoms with E-state index in [4.69, 9.17) is 0 Å². The van der Waals surface area contributed by atoms with Crippen LogP contribution < -0.4 is 10.6 Å². The average Bonchev–Trinajstić information content (AvgIpc) is 3.07. The molecule has 9 heteroatoms. The third-order valence-corrected chi connectivity index (χ3v) is 3.83. The number of nitrogens with zero attached hydrogens (tertiary/aromatic N) is 4. The normalized spacial score (nSPS) is 12.5. The van der Waals surface area contributed by atoms with Crippen molar-refractivity contribution >= 4 is 35.6 Å². The second kappa shape index (κ2) is 10.2. The lowest BCUT2D eigenvalue weighted by molar-refractivity contribution is 0.176. The molecule has 7 nitrogen and oxygen atoms in total. The zero-order valence-corrected chi connectivity index (χ0v) is 17.2. The number of halogens is 2. The summed E-state index contributed by atoms with van der Waals surface area (Å²) < 4.78 is 15.6. The van der Waals surface area contributed by atoms with Gasteiger partial charge in [0.15, 0.2) is 17.4 Å². The summed E-state index contributed by atoms with van der Waals surface area (Å²) in [5.41, 5.74) is 1.00. The van der Waals surface area contributed by atoms with Gasteiger partial charge in [0.05, 0.1) is 6.10 Å². The molecule has 1 unspecified atom stereocenters. The molecule has 3 rings (SSSR count). The molecule has 0 bridgehead atoms. The van der Waals surface area contributed by atoms with E-state index in [0.29, 0.717) is 24.9 Å². The zero-order chi connectivity index (χ0) is 18.4. The minimum atomic E-state index is -0.978. The monoisotopic (exact) mass is 484 g/mol. The first-order chi connectivity index (χ1) is 12.7. The molecule has 0 spiro atoms. The number of aromatic nitrogens is 3. The highest BCUT2D eigenvalue weighted by Crippen LogP contribution is 2.15. The molecule has 2 heterocycles. The maximum atomic E-state index is 13.7. The van der Waals surface area contributed by atoms with Crippen molar-refractivity contribution in [2.75, 3.05) is 13.1 Å².